The molecule has 56 valence electrons. The molecule has 0 spiro atoms. The van der Waals surface area contributed by atoms with E-state index in [1.807, 2.05) is 6.08 Å². The van der Waals surface area contributed by atoms with Gasteiger partial charge in [0, 0.05) is 0 Å². The quantitative estimate of drug-likeness (QED) is 0.592. The van der Waals surface area contributed by atoms with Crippen LogP contribution in [0.25, 0.3) is 0 Å². The maximum Gasteiger partial charge on any atom is 0.215 e. The van der Waals surface area contributed by atoms with Gasteiger partial charge in [-0.15, -0.1) is 0 Å². The van der Waals surface area contributed by atoms with Crippen molar-refractivity contribution in [1.29, 1.82) is 0 Å². The largest absolute Gasteiger partial charge is 0.228 e. The van der Waals surface area contributed by atoms with Gasteiger partial charge in [-0.1, -0.05) is 24.3 Å². The van der Waals surface area contributed by atoms with Gasteiger partial charge < -0.3 is 0 Å². The van der Waals surface area contributed by atoms with Crippen LogP contribution in [-0.2, 0) is 10.0 Å². The van der Waals surface area contributed by atoms with Crippen molar-refractivity contribution in [3.63, 3.8) is 0 Å². The zero-order chi connectivity index (χ0) is 7.61. The summed E-state index contributed by atoms with van der Waals surface area (Å²) in [7, 11) is -3.36. The molecule has 0 aliphatic heterocycles. The van der Waals surface area contributed by atoms with Crippen LogP contribution in [-0.4, -0.2) is 13.7 Å². The number of primary sulfonamides is 1. The molecular formula is C6H9NO2S. The molecule has 0 saturated heterocycles. The molecule has 1 aliphatic carbocycles. The Balaban J connectivity index is 2.79. The van der Waals surface area contributed by atoms with Gasteiger partial charge in [-0.2, -0.15) is 0 Å². The van der Waals surface area contributed by atoms with Crippen LogP contribution in [0.1, 0.15) is 6.42 Å². The van der Waals surface area contributed by atoms with Gasteiger partial charge >= 0.3 is 0 Å². The normalized spacial score (nSPS) is 25.1. The summed E-state index contributed by atoms with van der Waals surface area (Å²) in [4.78, 5) is 0. The molecule has 2 N–H and O–H groups in total. The Morgan fingerprint density at radius 2 is 2.10 bits per heavy atom. The molecule has 1 atom stereocenters. The summed E-state index contributed by atoms with van der Waals surface area (Å²) >= 11 is 0. The van der Waals surface area contributed by atoms with Crippen molar-refractivity contribution in [2.75, 3.05) is 0 Å². The van der Waals surface area contributed by atoms with E-state index in [4.69, 9.17) is 5.14 Å². The van der Waals surface area contributed by atoms with Crippen molar-refractivity contribution in [2.24, 2.45) is 5.14 Å². The van der Waals surface area contributed by atoms with E-state index in [2.05, 4.69) is 0 Å². The number of hydrogen-bond acceptors (Lipinski definition) is 2. The van der Waals surface area contributed by atoms with Crippen LogP contribution < -0.4 is 5.14 Å². The van der Waals surface area contributed by atoms with Gasteiger partial charge in [0.25, 0.3) is 0 Å². The minimum Gasteiger partial charge on any atom is -0.228 e. The fourth-order valence-electron chi connectivity index (χ4n) is 0.802. The average Bonchev–Trinajstić information content (AvgIpc) is 1.88. The number of sulfonamides is 1. The predicted octanol–water partition coefficient (Wildman–Crippen LogP) is 0.160. The van der Waals surface area contributed by atoms with E-state index in [0.29, 0.717) is 6.42 Å². The lowest BCUT2D eigenvalue weighted by molar-refractivity contribution is 0.590. The third-order valence-corrected chi connectivity index (χ3v) is 2.56. The molecule has 1 aliphatic rings. The van der Waals surface area contributed by atoms with Gasteiger partial charge in [-0.25, -0.2) is 13.6 Å². The molecule has 1 unspecified atom stereocenters. The molecule has 3 nitrogen and oxygen atoms in total. The zero-order valence-corrected chi connectivity index (χ0v) is 6.21. The van der Waals surface area contributed by atoms with Crippen LogP contribution in [0.15, 0.2) is 24.3 Å². The van der Waals surface area contributed by atoms with Crippen LogP contribution in [0, 0.1) is 0 Å². The second-order valence-electron chi connectivity index (χ2n) is 2.18. The van der Waals surface area contributed by atoms with Gasteiger partial charge in [0.2, 0.25) is 10.0 Å². The Morgan fingerprint density at radius 1 is 1.40 bits per heavy atom. The van der Waals surface area contributed by atoms with Crippen molar-refractivity contribution in [3.8, 4) is 0 Å². The topological polar surface area (TPSA) is 60.2 Å². The predicted molar refractivity (Wildman–Crippen MR) is 39.8 cm³/mol. The molecule has 0 saturated carbocycles. The number of rotatable bonds is 1. The minimum atomic E-state index is -3.36. The van der Waals surface area contributed by atoms with E-state index >= 15 is 0 Å². The summed E-state index contributed by atoms with van der Waals surface area (Å²) < 4.78 is 21.4. The molecule has 0 aromatic heterocycles. The summed E-state index contributed by atoms with van der Waals surface area (Å²) in [5, 5.41) is 4.38. The van der Waals surface area contributed by atoms with Crippen molar-refractivity contribution in [1.82, 2.24) is 0 Å². The molecule has 0 fully saturated rings. The molecule has 10 heavy (non-hydrogen) atoms. The second kappa shape index (κ2) is 2.56. The highest BCUT2D eigenvalue weighted by molar-refractivity contribution is 7.89. The van der Waals surface area contributed by atoms with Gasteiger partial charge in [-0.3, -0.25) is 0 Å². The first-order valence-corrected chi connectivity index (χ1v) is 4.56. The van der Waals surface area contributed by atoms with Crippen molar-refractivity contribution in [2.45, 2.75) is 11.7 Å². The average molecular weight is 159 g/mol. The van der Waals surface area contributed by atoms with Crippen LogP contribution in [0.4, 0.5) is 0 Å². The molecule has 0 heterocycles. The molecule has 0 radical (unpaired) electrons. The smallest absolute Gasteiger partial charge is 0.215 e. The van der Waals surface area contributed by atoms with E-state index < -0.39 is 15.3 Å². The van der Waals surface area contributed by atoms with Crippen molar-refractivity contribution >= 4 is 10.0 Å². The molecule has 4 heteroatoms. The van der Waals surface area contributed by atoms with Gasteiger partial charge in [-0.05, 0) is 6.42 Å². The Kier molecular flexibility index (Phi) is 1.92. The molecular weight excluding hydrogens is 150 g/mol. The van der Waals surface area contributed by atoms with Crippen molar-refractivity contribution in [3.05, 3.63) is 24.3 Å². The van der Waals surface area contributed by atoms with E-state index in [9.17, 15) is 8.42 Å². The second-order valence-corrected chi connectivity index (χ2v) is 3.96. The maximum absolute atomic E-state index is 10.7. The molecule has 0 amide bonds. The van der Waals surface area contributed by atoms with Crippen molar-refractivity contribution < 1.29 is 8.42 Å². The van der Waals surface area contributed by atoms with E-state index in [1.54, 1.807) is 18.2 Å². The zero-order valence-electron chi connectivity index (χ0n) is 5.40. The molecule has 0 aromatic rings. The monoisotopic (exact) mass is 159 g/mol. The summed E-state index contributed by atoms with van der Waals surface area (Å²) in [6.07, 6.45) is 7.38. The standard InChI is InChI=1S/C6H9NO2S/c7-10(8,9)6-4-2-1-3-5-6/h1-4,6H,5H2,(H2,7,8,9). The fraction of sp³-hybridized carbons (Fsp3) is 0.333. The van der Waals surface area contributed by atoms with Gasteiger partial charge in [0.1, 0.15) is 0 Å². The fourth-order valence-corrected chi connectivity index (χ4v) is 1.49. The summed E-state index contributed by atoms with van der Waals surface area (Å²) in [6.45, 7) is 0. The third kappa shape index (κ3) is 1.68. The SMILES string of the molecule is NS(=O)(=O)C1C=CC=CC1. The first-order chi connectivity index (χ1) is 4.61. The number of nitrogens with two attached hydrogens (primary N) is 1. The third-order valence-electron chi connectivity index (χ3n) is 1.36. The Hall–Kier alpha value is -0.610. The Morgan fingerprint density at radius 3 is 2.40 bits per heavy atom. The summed E-state index contributed by atoms with van der Waals surface area (Å²) in [5.74, 6) is 0. The molecule has 1 rings (SSSR count). The van der Waals surface area contributed by atoms with E-state index in [-0.39, 0.29) is 0 Å². The maximum atomic E-state index is 10.7. The van der Waals surface area contributed by atoms with Gasteiger partial charge in [0.05, 0.1) is 5.25 Å². The molecule has 0 aromatic carbocycles. The minimum absolute atomic E-state index is 0.495. The highest BCUT2D eigenvalue weighted by Gasteiger charge is 2.17. The summed E-state index contributed by atoms with van der Waals surface area (Å²) in [5.41, 5.74) is 0. The first-order valence-electron chi connectivity index (χ1n) is 2.95. The first kappa shape index (κ1) is 7.50. The Labute approximate surface area is 60.3 Å². The van der Waals surface area contributed by atoms with Crippen LogP contribution in [0.3, 0.4) is 0 Å². The Bertz CT molecular complexity index is 263. The summed E-state index contributed by atoms with van der Waals surface area (Å²) in [6, 6.07) is 0. The highest BCUT2D eigenvalue weighted by atomic mass is 32.2. The van der Waals surface area contributed by atoms with Gasteiger partial charge in [0.15, 0.2) is 0 Å². The van der Waals surface area contributed by atoms with Crippen LogP contribution in [0.2, 0.25) is 0 Å². The number of allylic oxidation sites excluding steroid dienone is 3. The van der Waals surface area contributed by atoms with Crippen LogP contribution in [0.5, 0.6) is 0 Å². The number of hydrogen-bond donors (Lipinski definition) is 1. The van der Waals surface area contributed by atoms with Crippen LogP contribution >= 0.6 is 0 Å². The van der Waals surface area contributed by atoms with E-state index in [0.717, 1.165) is 0 Å². The highest BCUT2D eigenvalue weighted by Crippen LogP contribution is 2.09. The lowest BCUT2D eigenvalue weighted by atomic mass is 10.2. The van der Waals surface area contributed by atoms with E-state index in [1.165, 1.54) is 0 Å². The lowest BCUT2D eigenvalue weighted by Gasteiger charge is -2.08. The molecule has 0 bridgehead atoms. The lowest BCUT2D eigenvalue weighted by Crippen LogP contribution is -2.26.